The van der Waals surface area contributed by atoms with Gasteiger partial charge in [-0.15, -0.1) is 11.3 Å². The molecule has 4 heterocycles. The number of fused-ring (bicyclic) bond motifs is 1. The lowest BCUT2D eigenvalue weighted by atomic mass is 10.0. The Bertz CT molecular complexity index is 781. The Morgan fingerprint density at radius 2 is 1.88 bits per heavy atom. The zero-order valence-electron chi connectivity index (χ0n) is 14.4. The first-order valence-corrected chi connectivity index (χ1v) is 9.35. The normalized spacial score (nSPS) is 19.8. The average molecular weight is 345 g/mol. The Morgan fingerprint density at radius 3 is 2.54 bits per heavy atom. The van der Waals surface area contributed by atoms with Crippen molar-refractivity contribution in [2.75, 3.05) is 38.1 Å². The maximum absolute atomic E-state index is 12.2. The van der Waals surface area contributed by atoms with Crippen LogP contribution in [0.1, 0.15) is 23.3 Å². The van der Waals surface area contributed by atoms with E-state index in [-0.39, 0.29) is 6.03 Å². The third kappa shape index (κ3) is 2.42. The van der Waals surface area contributed by atoms with Crippen molar-refractivity contribution >= 4 is 33.4 Å². The summed E-state index contributed by atoms with van der Waals surface area (Å²) in [6, 6.07) is 0.545. The van der Waals surface area contributed by atoms with Crippen LogP contribution < -0.4 is 4.90 Å². The molecule has 2 fully saturated rings. The minimum atomic E-state index is 0.183. The van der Waals surface area contributed by atoms with E-state index in [9.17, 15) is 4.79 Å². The van der Waals surface area contributed by atoms with Crippen LogP contribution in [0.15, 0.2) is 6.33 Å². The number of anilines is 1. The lowest BCUT2D eigenvalue weighted by molar-refractivity contribution is 0.173. The topological polar surface area (TPSA) is 52.6 Å². The number of urea groups is 1. The van der Waals surface area contributed by atoms with E-state index < -0.39 is 0 Å². The second-order valence-corrected chi connectivity index (χ2v) is 7.98. The molecule has 0 spiro atoms. The molecular weight excluding hydrogens is 322 g/mol. The molecule has 2 saturated heterocycles. The van der Waals surface area contributed by atoms with Crippen LogP contribution in [-0.4, -0.2) is 65.1 Å². The molecule has 2 amide bonds. The summed E-state index contributed by atoms with van der Waals surface area (Å²) in [7, 11) is 1.89. The van der Waals surface area contributed by atoms with Crippen molar-refractivity contribution < 1.29 is 4.79 Å². The number of hydrogen-bond donors (Lipinski definition) is 0. The van der Waals surface area contributed by atoms with Gasteiger partial charge in [0.05, 0.1) is 5.39 Å². The maximum atomic E-state index is 12.2. The molecule has 0 N–H and O–H groups in total. The van der Waals surface area contributed by atoms with E-state index in [1.165, 1.54) is 15.8 Å². The number of nitrogens with zero attached hydrogens (tertiary/aromatic N) is 5. The van der Waals surface area contributed by atoms with Crippen molar-refractivity contribution in [2.24, 2.45) is 0 Å². The van der Waals surface area contributed by atoms with Crippen LogP contribution in [-0.2, 0) is 0 Å². The van der Waals surface area contributed by atoms with Gasteiger partial charge >= 0.3 is 6.03 Å². The molecule has 2 aliphatic rings. The minimum Gasteiger partial charge on any atom is -0.356 e. The van der Waals surface area contributed by atoms with Gasteiger partial charge in [-0.3, -0.25) is 0 Å². The SMILES string of the molecule is Cc1sc2ncnc(N3CCC(N4CCN(C)C4=O)CC3)c2c1C. The van der Waals surface area contributed by atoms with Crippen LogP contribution in [0.25, 0.3) is 10.2 Å². The van der Waals surface area contributed by atoms with Crippen LogP contribution in [0.2, 0.25) is 0 Å². The number of aryl methyl sites for hydroxylation is 2. The fourth-order valence-electron chi connectivity index (χ4n) is 3.80. The molecule has 0 radical (unpaired) electrons. The third-order valence-electron chi connectivity index (χ3n) is 5.40. The van der Waals surface area contributed by atoms with Crippen LogP contribution >= 0.6 is 11.3 Å². The van der Waals surface area contributed by atoms with Crippen LogP contribution in [0.3, 0.4) is 0 Å². The molecule has 0 aliphatic carbocycles. The van der Waals surface area contributed by atoms with E-state index in [1.54, 1.807) is 17.7 Å². The Morgan fingerprint density at radius 1 is 1.12 bits per heavy atom. The molecule has 4 rings (SSSR count). The number of piperidine rings is 1. The van der Waals surface area contributed by atoms with Crippen molar-refractivity contribution in [1.82, 2.24) is 19.8 Å². The summed E-state index contributed by atoms with van der Waals surface area (Å²) in [6.45, 7) is 7.90. The molecule has 0 unspecified atom stereocenters. The van der Waals surface area contributed by atoms with Gasteiger partial charge in [0.2, 0.25) is 0 Å². The summed E-state index contributed by atoms with van der Waals surface area (Å²) in [5.74, 6) is 1.06. The largest absolute Gasteiger partial charge is 0.356 e. The number of amides is 2. The van der Waals surface area contributed by atoms with Gasteiger partial charge in [-0.2, -0.15) is 0 Å². The van der Waals surface area contributed by atoms with E-state index in [0.717, 1.165) is 49.7 Å². The van der Waals surface area contributed by atoms with Crippen LogP contribution in [0.4, 0.5) is 10.6 Å². The number of thiophene rings is 1. The zero-order valence-corrected chi connectivity index (χ0v) is 15.3. The monoisotopic (exact) mass is 345 g/mol. The van der Waals surface area contributed by atoms with Crippen molar-refractivity contribution in [3.8, 4) is 0 Å². The number of hydrogen-bond acceptors (Lipinski definition) is 5. The molecule has 24 heavy (non-hydrogen) atoms. The second-order valence-electron chi connectivity index (χ2n) is 6.78. The molecule has 2 aromatic rings. The van der Waals surface area contributed by atoms with E-state index in [2.05, 4.69) is 28.7 Å². The first-order chi connectivity index (χ1) is 11.6. The lowest BCUT2D eigenvalue weighted by Crippen LogP contribution is -2.46. The third-order valence-corrected chi connectivity index (χ3v) is 6.51. The molecule has 7 heteroatoms. The highest BCUT2D eigenvalue weighted by atomic mass is 32.1. The number of rotatable bonds is 2. The highest BCUT2D eigenvalue weighted by molar-refractivity contribution is 7.18. The molecular formula is C17H23N5OS. The van der Waals surface area contributed by atoms with Crippen molar-refractivity contribution in [3.63, 3.8) is 0 Å². The van der Waals surface area contributed by atoms with Gasteiger partial charge in [-0.05, 0) is 32.3 Å². The second kappa shape index (κ2) is 5.88. The molecule has 2 aliphatic heterocycles. The van der Waals surface area contributed by atoms with Crippen molar-refractivity contribution in [3.05, 3.63) is 16.8 Å². The van der Waals surface area contributed by atoms with Gasteiger partial charge in [0, 0.05) is 44.1 Å². The van der Waals surface area contributed by atoms with Gasteiger partial charge in [0.25, 0.3) is 0 Å². The number of aromatic nitrogens is 2. The summed E-state index contributed by atoms with van der Waals surface area (Å²) in [6.07, 6.45) is 3.69. The fourth-order valence-corrected chi connectivity index (χ4v) is 4.79. The molecule has 0 bridgehead atoms. The Kier molecular flexibility index (Phi) is 3.83. The van der Waals surface area contributed by atoms with E-state index in [1.807, 2.05) is 16.8 Å². The van der Waals surface area contributed by atoms with E-state index in [4.69, 9.17) is 0 Å². The van der Waals surface area contributed by atoms with Crippen LogP contribution in [0.5, 0.6) is 0 Å². The Hall–Kier alpha value is -1.89. The van der Waals surface area contributed by atoms with Gasteiger partial charge in [0.1, 0.15) is 17.0 Å². The Labute approximate surface area is 146 Å². The molecule has 0 saturated carbocycles. The van der Waals surface area contributed by atoms with Gasteiger partial charge < -0.3 is 14.7 Å². The number of carbonyl (C=O) groups is 1. The van der Waals surface area contributed by atoms with Gasteiger partial charge in [-0.1, -0.05) is 0 Å². The summed E-state index contributed by atoms with van der Waals surface area (Å²) in [5, 5.41) is 1.20. The maximum Gasteiger partial charge on any atom is 0.320 e. The summed E-state index contributed by atoms with van der Waals surface area (Å²) in [5.41, 5.74) is 1.30. The molecule has 128 valence electrons. The highest BCUT2D eigenvalue weighted by Crippen LogP contribution is 2.35. The summed E-state index contributed by atoms with van der Waals surface area (Å²) < 4.78 is 0. The van der Waals surface area contributed by atoms with Gasteiger partial charge in [0.15, 0.2) is 0 Å². The smallest absolute Gasteiger partial charge is 0.320 e. The molecule has 0 atom stereocenters. The molecule has 0 aromatic carbocycles. The van der Waals surface area contributed by atoms with Crippen molar-refractivity contribution in [1.29, 1.82) is 0 Å². The summed E-state index contributed by atoms with van der Waals surface area (Å²) in [4.78, 5) is 29.8. The van der Waals surface area contributed by atoms with Crippen molar-refractivity contribution in [2.45, 2.75) is 32.7 Å². The molecule has 6 nitrogen and oxygen atoms in total. The predicted molar refractivity (Wildman–Crippen MR) is 96.9 cm³/mol. The highest BCUT2D eigenvalue weighted by Gasteiger charge is 2.34. The number of likely N-dealkylation sites (N-methyl/N-ethyl adjacent to an activating group) is 1. The quantitative estimate of drug-likeness (QED) is 0.840. The molecule has 2 aromatic heterocycles. The Balaban J connectivity index is 1.53. The minimum absolute atomic E-state index is 0.183. The van der Waals surface area contributed by atoms with E-state index in [0.29, 0.717) is 6.04 Å². The van der Waals surface area contributed by atoms with Crippen LogP contribution in [0, 0.1) is 13.8 Å². The van der Waals surface area contributed by atoms with E-state index >= 15 is 0 Å². The number of carbonyl (C=O) groups excluding carboxylic acids is 1. The average Bonchev–Trinajstić information content (AvgIpc) is 3.08. The predicted octanol–water partition coefficient (Wildman–Crippen LogP) is 2.64. The first-order valence-electron chi connectivity index (χ1n) is 8.53. The fraction of sp³-hybridized carbons (Fsp3) is 0.588. The van der Waals surface area contributed by atoms with Gasteiger partial charge in [-0.25, -0.2) is 14.8 Å². The first kappa shape index (κ1) is 15.6. The lowest BCUT2D eigenvalue weighted by Gasteiger charge is -2.37. The summed E-state index contributed by atoms with van der Waals surface area (Å²) >= 11 is 1.74. The zero-order chi connectivity index (χ0) is 16.8. The standard InChI is InChI=1S/C17H23N5OS/c1-11-12(2)24-16-14(11)15(18-10-19-16)21-6-4-13(5-7-21)22-9-8-20(3)17(22)23/h10,13H,4-9H2,1-3H3.